The highest BCUT2D eigenvalue weighted by Crippen LogP contribution is 2.14. The van der Waals surface area contributed by atoms with Crippen LogP contribution in [0.15, 0.2) is 23.8 Å². The summed E-state index contributed by atoms with van der Waals surface area (Å²) in [6.45, 7) is 8.14. The molecule has 0 aliphatic carbocycles. The highest BCUT2D eigenvalue weighted by Gasteiger charge is 2.26. The molecule has 3 heterocycles. The molecule has 1 atom stereocenters. The lowest BCUT2D eigenvalue weighted by molar-refractivity contribution is -0.136. The summed E-state index contributed by atoms with van der Waals surface area (Å²) in [4.78, 5) is 21.3. The first kappa shape index (κ1) is 15.2. The number of hydrogen-bond donors (Lipinski definition) is 0. The fourth-order valence-corrected chi connectivity index (χ4v) is 3.33. The second-order valence-electron chi connectivity index (χ2n) is 5.62. The largest absolute Gasteiger partial charge is 0.338 e. The fourth-order valence-electron chi connectivity index (χ4n) is 2.72. The van der Waals surface area contributed by atoms with Crippen molar-refractivity contribution in [3.05, 3.63) is 34.5 Å². The molecule has 0 N–H and O–H groups in total. The van der Waals surface area contributed by atoms with Gasteiger partial charge in [-0.25, -0.2) is 4.98 Å². The van der Waals surface area contributed by atoms with E-state index in [-0.39, 0.29) is 11.9 Å². The lowest BCUT2D eigenvalue weighted by Crippen LogP contribution is -2.50. The molecule has 6 nitrogen and oxygen atoms in total. The van der Waals surface area contributed by atoms with Gasteiger partial charge in [-0.05, 0) is 19.9 Å². The van der Waals surface area contributed by atoms with Crippen LogP contribution in [0.1, 0.15) is 23.7 Å². The topological polar surface area (TPSA) is 54.3 Å². The Bertz CT molecular complexity index is 616. The van der Waals surface area contributed by atoms with Crippen molar-refractivity contribution in [1.82, 2.24) is 24.6 Å². The van der Waals surface area contributed by atoms with E-state index in [1.165, 1.54) is 0 Å². The van der Waals surface area contributed by atoms with E-state index in [4.69, 9.17) is 0 Å². The third-order valence-corrected chi connectivity index (χ3v) is 4.84. The number of piperazine rings is 1. The van der Waals surface area contributed by atoms with E-state index in [0.29, 0.717) is 0 Å². The minimum Gasteiger partial charge on any atom is -0.338 e. The summed E-state index contributed by atoms with van der Waals surface area (Å²) in [5, 5.41) is 7.38. The first-order chi connectivity index (χ1) is 10.6. The zero-order valence-corrected chi connectivity index (χ0v) is 13.8. The maximum Gasteiger partial charge on any atom is 0.247 e. The van der Waals surface area contributed by atoms with E-state index in [9.17, 15) is 4.79 Å². The molecule has 22 heavy (non-hydrogen) atoms. The van der Waals surface area contributed by atoms with E-state index in [2.05, 4.69) is 20.4 Å². The van der Waals surface area contributed by atoms with Gasteiger partial charge in [-0.3, -0.25) is 14.4 Å². The maximum absolute atomic E-state index is 12.5. The number of carbonyl (C=O) groups excluding carboxylic acids is 1. The smallest absolute Gasteiger partial charge is 0.247 e. The van der Waals surface area contributed by atoms with Crippen LogP contribution in [0.25, 0.3) is 0 Å². The number of nitrogens with zero attached hydrogens (tertiary/aromatic N) is 5. The Kier molecular flexibility index (Phi) is 4.54. The molecule has 3 rings (SSSR count). The summed E-state index contributed by atoms with van der Waals surface area (Å²) >= 11 is 1.69. The van der Waals surface area contributed by atoms with Crippen molar-refractivity contribution < 1.29 is 4.79 Å². The van der Waals surface area contributed by atoms with Crippen molar-refractivity contribution >= 4 is 17.2 Å². The molecule has 1 amide bonds. The molecule has 0 bridgehead atoms. The SMILES string of the molecule is Cc1nc(CN2CCN(C(=O)[C@@H](C)n3cccn3)CC2)cs1. The van der Waals surface area contributed by atoms with Crippen molar-refractivity contribution in [2.75, 3.05) is 26.2 Å². The summed E-state index contributed by atoms with van der Waals surface area (Å²) < 4.78 is 1.72. The molecule has 2 aromatic rings. The summed E-state index contributed by atoms with van der Waals surface area (Å²) in [5.74, 6) is 0.146. The standard InChI is InChI=1S/C15H21N5OS/c1-12(20-5-3-4-16-20)15(21)19-8-6-18(7-9-19)10-14-11-22-13(2)17-14/h3-5,11-12H,6-10H2,1-2H3/t12-/m1/s1. The zero-order valence-electron chi connectivity index (χ0n) is 13.0. The Hall–Kier alpha value is -1.73. The third kappa shape index (κ3) is 3.36. The van der Waals surface area contributed by atoms with Crippen molar-refractivity contribution in [3.8, 4) is 0 Å². The quantitative estimate of drug-likeness (QED) is 0.858. The van der Waals surface area contributed by atoms with Gasteiger partial charge in [0.2, 0.25) is 5.91 Å². The molecule has 0 radical (unpaired) electrons. The normalized spacial score (nSPS) is 17.6. The van der Waals surface area contributed by atoms with E-state index < -0.39 is 0 Å². The first-order valence-electron chi connectivity index (χ1n) is 7.55. The van der Waals surface area contributed by atoms with E-state index in [0.717, 1.165) is 43.4 Å². The van der Waals surface area contributed by atoms with Crippen molar-refractivity contribution in [2.45, 2.75) is 26.4 Å². The van der Waals surface area contributed by atoms with Gasteiger partial charge < -0.3 is 4.90 Å². The molecule has 0 unspecified atom stereocenters. The average molecular weight is 319 g/mol. The molecule has 0 saturated carbocycles. The monoisotopic (exact) mass is 319 g/mol. The lowest BCUT2D eigenvalue weighted by Gasteiger charge is -2.35. The number of hydrogen-bond acceptors (Lipinski definition) is 5. The molecule has 1 saturated heterocycles. The highest BCUT2D eigenvalue weighted by molar-refractivity contribution is 7.09. The molecule has 2 aromatic heterocycles. The summed E-state index contributed by atoms with van der Waals surface area (Å²) in [6, 6.07) is 1.61. The minimum absolute atomic E-state index is 0.146. The molecule has 0 spiro atoms. The van der Waals surface area contributed by atoms with Gasteiger partial charge in [0.15, 0.2) is 0 Å². The predicted molar refractivity (Wildman–Crippen MR) is 85.6 cm³/mol. The van der Waals surface area contributed by atoms with Gasteiger partial charge in [0.1, 0.15) is 6.04 Å². The van der Waals surface area contributed by atoms with Gasteiger partial charge in [-0.1, -0.05) is 0 Å². The number of carbonyl (C=O) groups is 1. The fraction of sp³-hybridized carbons (Fsp3) is 0.533. The number of amides is 1. The number of rotatable bonds is 4. The Labute approximate surface area is 134 Å². The van der Waals surface area contributed by atoms with Crippen molar-refractivity contribution in [3.63, 3.8) is 0 Å². The van der Waals surface area contributed by atoms with Crippen LogP contribution in [0.5, 0.6) is 0 Å². The van der Waals surface area contributed by atoms with E-state index >= 15 is 0 Å². The Balaban J connectivity index is 1.52. The van der Waals surface area contributed by atoms with Crippen molar-refractivity contribution in [1.29, 1.82) is 0 Å². The molecule has 7 heteroatoms. The highest BCUT2D eigenvalue weighted by atomic mass is 32.1. The van der Waals surface area contributed by atoms with Crippen LogP contribution in [0, 0.1) is 6.92 Å². The van der Waals surface area contributed by atoms with Crippen LogP contribution >= 0.6 is 11.3 Å². The molecule has 118 valence electrons. The zero-order chi connectivity index (χ0) is 15.5. The van der Waals surface area contributed by atoms with Gasteiger partial charge in [0.05, 0.1) is 10.7 Å². The Morgan fingerprint density at radius 1 is 1.36 bits per heavy atom. The number of aryl methyl sites for hydroxylation is 1. The van der Waals surface area contributed by atoms with E-state index in [1.807, 2.05) is 31.0 Å². The molecular weight excluding hydrogens is 298 g/mol. The van der Waals surface area contributed by atoms with Crippen LogP contribution in [0.4, 0.5) is 0 Å². The molecule has 1 aliphatic rings. The summed E-state index contributed by atoms with van der Waals surface area (Å²) in [7, 11) is 0. The number of thiazole rings is 1. The van der Waals surface area contributed by atoms with Crippen LogP contribution in [-0.4, -0.2) is 56.7 Å². The number of aromatic nitrogens is 3. The van der Waals surface area contributed by atoms with Crippen LogP contribution in [-0.2, 0) is 11.3 Å². The van der Waals surface area contributed by atoms with E-state index in [1.54, 1.807) is 22.2 Å². The third-order valence-electron chi connectivity index (χ3n) is 4.02. The van der Waals surface area contributed by atoms with Crippen LogP contribution < -0.4 is 0 Å². The minimum atomic E-state index is -0.234. The average Bonchev–Trinajstić information content (AvgIpc) is 3.18. The van der Waals surface area contributed by atoms with Gasteiger partial charge >= 0.3 is 0 Å². The molecule has 0 aromatic carbocycles. The maximum atomic E-state index is 12.5. The molecule has 1 fully saturated rings. The van der Waals surface area contributed by atoms with Crippen LogP contribution in [0.2, 0.25) is 0 Å². The molecular formula is C15H21N5OS. The summed E-state index contributed by atoms with van der Waals surface area (Å²) in [5.41, 5.74) is 1.13. The summed E-state index contributed by atoms with van der Waals surface area (Å²) in [6.07, 6.45) is 3.54. The Morgan fingerprint density at radius 2 is 2.14 bits per heavy atom. The first-order valence-corrected chi connectivity index (χ1v) is 8.43. The van der Waals surface area contributed by atoms with Gasteiger partial charge in [-0.2, -0.15) is 5.10 Å². The predicted octanol–water partition coefficient (Wildman–Crippen LogP) is 1.55. The second kappa shape index (κ2) is 6.58. The Morgan fingerprint density at radius 3 is 2.73 bits per heavy atom. The van der Waals surface area contributed by atoms with Crippen LogP contribution in [0.3, 0.4) is 0 Å². The second-order valence-corrected chi connectivity index (χ2v) is 6.68. The van der Waals surface area contributed by atoms with Gasteiger partial charge in [-0.15, -0.1) is 11.3 Å². The molecule has 1 aliphatic heterocycles. The van der Waals surface area contributed by atoms with Gasteiger partial charge in [0.25, 0.3) is 0 Å². The van der Waals surface area contributed by atoms with Gasteiger partial charge in [0, 0.05) is 50.5 Å². The van der Waals surface area contributed by atoms with Crippen molar-refractivity contribution in [2.24, 2.45) is 0 Å². The lowest BCUT2D eigenvalue weighted by atomic mass is 10.2.